The fourth-order valence-electron chi connectivity index (χ4n) is 5.44. The standard InChI is InChI=1S/C28H28ClN7O4S/c1-16-24(30)28(15-40-16)8-11-35(12-9-28)20-13-32-21(14-31-20)41-18-6-4-5-17(23(18)29)33-25(37)22-26(38)34-19-7-2-3-10-36(19)27(22)39/h2-7,10,13-14,16,24,38H,8-9,11-12,15,30H2,1H3,(H,33,37)/t16-,24+/m0/s1. The average Bonchev–Trinajstić information content (AvgIpc) is 3.24. The van der Waals surface area contributed by atoms with E-state index in [4.69, 9.17) is 22.1 Å². The Morgan fingerprint density at radius 1 is 1.20 bits per heavy atom. The molecular weight excluding hydrogens is 566 g/mol. The lowest BCUT2D eigenvalue weighted by Gasteiger charge is -2.41. The monoisotopic (exact) mass is 593 g/mol. The molecule has 3 aromatic heterocycles. The molecule has 2 fully saturated rings. The second-order valence-electron chi connectivity index (χ2n) is 10.3. The van der Waals surface area contributed by atoms with Gasteiger partial charge in [-0.15, -0.1) is 0 Å². The third-order valence-electron chi connectivity index (χ3n) is 7.91. The minimum absolute atomic E-state index is 0.0357. The number of rotatable bonds is 5. The van der Waals surface area contributed by atoms with Gasteiger partial charge in [0.25, 0.3) is 11.5 Å². The predicted molar refractivity (Wildman–Crippen MR) is 156 cm³/mol. The molecule has 1 spiro atoms. The first kappa shape index (κ1) is 27.5. The third kappa shape index (κ3) is 5.12. The van der Waals surface area contributed by atoms with Crippen LogP contribution in [0, 0.1) is 5.41 Å². The van der Waals surface area contributed by atoms with Gasteiger partial charge < -0.3 is 25.8 Å². The quantitative estimate of drug-likeness (QED) is 0.313. The number of aromatic nitrogens is 4. The van der Waals surface area contributed by atoms with E-state index >= 15 is 0 Å². The van der Waals surface area contributed by atoms with Crippen LogP contribution in [-0.2, 0) is 4.74 Å². The van der Waals surface area contributed by atoms with Gasteiger partial charge in [0.05, 0.1) is 35.8 Å². The lowest BCUT2D eigenvalue weighted by molar-refractivity contribution is 0.0974. The zero-order valence-electron chi connectivity index (χ0n) is 22.2. The molecule has 13 heteroatoms. The number of nitrogens with zero attached hydrogens (tertiary/aromatic N) is 5. The van der Waals surface area contributed by atoms with E-state index in [0.29, 0.717) is 16.5 Å². The van der Waals surface area contributed by atoms with Crippen molar-refractivity contribution in [2.75, 3.05) is 29.9 Å². The van der Waals surface area contributed by atoms with Crippen molar-refractivity contribution in [1.29, 1.82) is 0 Å². The molecule has 0 saturated carbocycles. The highest BCUT2D eigenvalue weighted by molar-refractivity contribution is 7.99. The van der Waals surface area contributed by atoms with Crippen molar-refractivity contribution in [2.45, 2.75) is 41.8 Å². The molecule has 2 saturated heterocycles. The van der Waals surface area contributed by atoms with Gasteiger partial charge in [-0.1, -0.05) is 35.5 Å². The number of ether oxygens (including phenoxy) is 1. The van der Waals surface area contributed by atoms with Crippen LogP contribution in [0.1, 0.15) is 30.1 Å². The summed E-state index contributed by atoms with van der Waals surface area (Å²) in [6, 6.07) is 10.0. The Bertz CT molecular complexity index is 1670. The molecule has 212 valence electrons. The molecule has 6 rings (SSSR count). The maximum absolute atomic E-state index is 13.0. The van der Waals surface area contributed by atoms with Crippen LogP contribution >= 0.6 is 23.4 Å². The van der Waals surface area contributed by atoms with Gasteiger partial charge in [0.1, 0.15) is 16.5 Å². The van der Waals surface area contributed by atoms with Gasteiger partial charge in [-0.25, -0.2) is 9.97 Å². The first-order valence-electron chi connectivity index (χ1n) is 13.2. The molecule has 2 aliphatic heterocycles. The van der Waals surface area contributed by atoms with Crippen LogP contribution in [0.5, 0.6) is 5.88 Å². The summed E-state index contributed by atoms with van der Waals surface area (Å²) in [6.07, 6.45) is 6.89. The number of hydrogen-bond donors (Lipinski definition) is 3. The molecule has 1 aromatic carbocycles. The molecule has 0 radical (unpaired) electrons. The minimum Gasteiger partial charge on any atom is -0.493 e. The van der Waals surface area contributed by atoms with Gasteiger partial charge >= 0.3 is 0 Å². The van der Waals surface area contributed by atoms with Gasteiger partial charge in [0.2, 0.25) is 5.88 Å². The first-order valence-corrected chi connectivity index (χ1v) is 14.4. The van der Waals surface area contributed by atoms with E-state index in [1.165, 1.54) is 22.4 Å². The van der Waals surface area contributed by atoms with Crippen LogP contribution in [0.15, 0.2) is 69.7 Å². The smallest absolute Gasteiger partial charge is 0.274 e. The van der Waals surface area contributed by atoms with E-state index in [2.05, 4.69) is 25.2 Å². The van der Waals surface area contributed by atoms with Crippen LogP contribution < -0.4 is 21.5 Å². The number of hydrogen-bond acceptors (Lipinski definition) is 10. The summed E-state index contributed by atoms with van der Waals surface area (Å²) >= 11 is 7.92. The van der Waals surface area contributed by atoms with E-state index in [0.717, 1.165) is 31.7 Å². The summed E-state index contributed by atoms with van der Waals surface area (Å²) in [5, 5.41) is 13.8. The Kier molecular flexibility index (Phi) is 7.32. The topological polar surface area (TPSA) is 148 Å². The molecule has 5 heterocycles. The van der Waals surface area contributed by atoms with Crippen molar-refractivity contribution in [3.63, 3.8) is 0 Å². The number of aromatic hydroxyl groups is 1. The fraction of sp³-hybridized carbons (Fsp3) is 0.321. The van der Waals surface area contributed by atoms with Crippen LogP contribution in [-0.4, -0.2) is 62.2 Å². The summed E-state index contributed by atoms with van der Waals surface area (Å²) in [7, 11) is 0. The van der Waals surface area contributed by atoms with Gasteiger partial charge in [-0.2, -0.15) is 4.98 Å². The SMILES string of the molecule is C[C@@H]1OCC2(CCN(c3cnc(Sc4cccc(NC(=O)c5c(O)nc6ccccn6c5=O)c4Cl)cn3)CC2)[C@@H]1N. The number of pyridine rings is 1. The molecule has 0 bridgehead atoms. The number of fused-ring (bicyclic) bond motifs is 1. The van der Waals surface area contributed by atoms with Gasteiger partial charge in [-0.3, -0.25) is 14.0 Å². The zero-order valence-corrected chi connectivity index (χ0v) is 23.7. The molecule has 41 heavy (non-hydrogen) atoms. The van der Waals surface area contributed by atoms with E-state index in [-0.39, 0.29) is 33.9 Å². The van der Waals surface area contributed by atoms with Gasteiger partial charge in [-0.05, 0) is 44.0 Å². The molecule has 11 nitrogen and oxygen atoms in total. The summed E-state index contributed by atoms with van der Waals surface area (Å²) in [5.41, 5.74) is 5.80. The molecule has 0 unspecified atom stereocenters. The van der Waals surface area contributed by atoms with Crippen molar-refractivity contribution in [3.05, 3.63) is 75.9 Å². The number of carbonyl (C=O) groups excluding carboxylic acids is 1. The van der Waals surface area contributed by atoms with Crippen LogP contribution in [0.4, 0.5) is 11.5 Å². The number of amides is 1. The van der Waals surface area contributed by atoms with Crippen LogP contribution in [0.2, 0.25) is 5.02 Å². The van der Waals surface area contributed by atoms with Crippen molar-refractivity contribution in [2.24, 2.45) is 11.1 Å². The Labute approximate surface area is 244 Å². The highest BCUT2D eigenvalue weighted by atomic mass is 35.5. The highest BCUT2D eigenvalue weighted by Gasteiger charge is 2.47. The van der Waals surface area contributed by atoms with Gasteiger partial charge in [0, 0.05) is 35.6 Å². The molecule has 4 aromatic rings. The average molecular weight is 594 g/mol. The van der Waals surface area contributed by atoms with E-state index in [1.54, 1.807) is 48.8 Å². The maximum atomic E-state index is 13.0. The van der Waals surface area contributed by atoms with E-state index < -0.39 is 22.9 Å². The van der Waals surface area contributed by atoms with E-state index in [1.807, 2.05) is 6.92 Å². The molecule has 0 aliphatic carbocycles. The second-order valence-corrected chi connectivity index (χ2v) is 11.8. The first-order chi connectivity index (χ1) is 19.8. The number of piperidine rings is 1. The van der Waals surface area contributed by atoms with Crippen LogP contribution in [0.25, 0.3) is 5.65 Å². The molecule has 2 atom stereocenters. The number of nitrogens with two attached hydrogens (primary N) is 1. The summed E-state index contributed by atoms with van der Waals surface area (Å²) in [6.45, 7) is 4.43. The molecule has 4 N–H and O–H groups in total. The molecular formula is C28H28ClN7O4S. The second kappa shape index (κ2) is 10.9. The third-order valence-corrected chi connectivity index (χ3v) is 9.41. The largest absolute Gasteiger partial charge is 0.493 e. The summed E-state index contributed by atoms with van der Waals surface area (Å²) in [4.78, 5) is 41.8. The van der Waals surface area contributed by atoms with Crippen molar-refractivity contribution >= 4 is 46.4 Å². The normalized spacial score (nSPS) is 20.0. The highest BCUT2D eigenvalue weighted by Crippen LogP contribution is 2.42. The number of carbonyl (C=O) groups is 1. The molecule has 1 amide bonds. The fourth-order valence-corrected chi connectivity index (χ4v) is 6.51. The lowest BCUT2D eigenvalue weighted by atomic mass is 9.73. The Hall–Kier alpha value is -3.71. The Balaban J connectivity index is 1.14. The number of benzene rings is 1. The predicted octanol–water partition coefficient (Wildman–Crippen LogP) is 3.58. The molecule has 2 aliphatic rings. The summed E-state index contributed by atoms with van der Waals surface area (Å²) < 4.78 is 7.01. The van der Waals surface area contributed by atoms with Crippen LogP contribution in [0.3, 0.4) is 0 Å². The Morgan fingerprint density at radius 2 is 2.00 bits per heavy atom. The van der Waals surface area contributed by atoms with E-state index in [9.17, 15) is 14.7 Å². The minimum atomic E-state index is -0.825. The lowest BCUT2D eigenvalue weighted by Crippen LogP contribution is -2.50. The van der Waals surface area contributed by atoms with Crippen molar-refractivity contribution in [3.8, 4) is 5.88 Å². The van der Waals surface area contributed by atoms with Crippen molar-refractivity contribution < 1.29 is 14.6 Å². The number of nitrogens with one attached hydrogen (secondary N) is 1. The Morgan fingerprint density at radius 3 is 2.71 bits per heavy atom. The van der Waals surface area contributed by atoms with Gasteiger partial charge in [0.15, 0.2) is 5.56 Å². The van der Waals surface area contributed by atoms with Crippen molar-refractivity contribution in [1.82, 2.24) is 19.4 Å². The number of halogens is 1. The number of anilines is 2. The summed E-state index contributed by atoms with van der Waals surface area (Å²) in [5.74, 6) is -0.685. The maximum Gasteiger partial charge on any atom is 0.274 e. The zero-order chi connectivity index (χ0) is 28.7.